The highest BCUT2D eigenvalue weighted by Crippen LogP contribution is 2.34. The zero-order valence-electron chi connectivity index (χ0n) is 8.77. The molecule has 2 N–H and O–H groups in total. The van der Waals surface area contributed by atoms with Gasteiger partial charge in [0, 0.05) is 6.07 Å². The Labute approximate surface area is 97.3 Å². The maximum Gasteiger partial charge on any atom is 0.204 e. The first-order chi connectivity index (χ1) is 7.93. The van der Waals surface area contributed by atoms with Crippen molar-refractivity contribution in [1.29, 1.82) is 0 Å². The third-order valence-electron chi connectivity index (χ3n) is 2.16. The summed E-state index contributed by atoms with van der Waals surface area (Å²) < 4.78 is 48.8. The Morgan fingerprint density at radius 2 is 1.82 bits per heavy atom. The summed E-state index contributed by atoms with van der Waals surface area (Å²) in [5.41, 5.74) is 4.17. The Balaban J connectivity index is 0.000000437. The van der Waals surface area contributed by atoms with E-state index in [2.05, 4.69) is 5.73 Å². The normalized spacial score (nSPS) is 14.7. The molecule has 1 aliphatic rings. The van der Waals surface area contributed by atoms with E-state index in [9.17, 15) is 17.2 Å². The molecule has 0 unspecified atom stereocenters. The highest BCUT2D eigenvalue weighted by molar-refractivity contribution is 7.92. The fraction of sp³-hybridized carbons (Fsp3) is 0.300. The highest BCUT2D eigenvalue weighted by Gasteiger charge is 2.38. The van der Waals surface area contributed by atoms with E-state index in [1.807, 2.05) is 0 Å². The monoisotopic (exact) mass is 263 g/mol. The van der Waals surface area contributed by atoms with Gasteiger partial charge in [0.05, 0.1) is 5.25 Å². The molecule has 7 heteroatoms. The number of primary amides is 1. The largest absolute Gasteiger partial charge is 0.372 e. The second-order valence-electron chi connectivity index (χ2n) is 3.46. The molecule has 1 aliphatic carbocycles. The van der Waals surface area contributed by atoms with Crippen molar-refractivity contribution in [3.8, 4) is 0 Å². The van der Waals surface area contributed by atoms with Gasteiger partial charge in [0.1, 0.15) is 16.5 Å². The summed E-state index contributed by atoms with van der Waals surface area (Å²) in [6.07, 6.45) is 1.39. The summed E-state index contributed by atoms with van der Waals surface area (Å²) in [6, 6.07) is 2.53. The molecule has 0 bridgehead atoms. The first kappa shape index (κ1) is 13.6. The van der Waals surface area contributed by atoms with Crippen LogP contribution < -0.4 is 5.73 Å². The summed E-state index contributed by atoms with van der Waals surface area (Å²) >= 11 is 0. The topological polar surface area (TPSA) is 77.2 Å². The van der Waals surface area contributed by atoms with Crippen LogP contribution in [0.4, 0.5) is 8.78 Å². The van der Waals surface area contributed by atoms with Gasteiger partial charge in [-0.2, -0.15) is 0 Å². The molecular weight excluding hydrogens is 252 g/mol. The fourth-order valence-corrected chi connectivity index (χ4v) is 2.97. The Morgan fingerprint density at radius 1 is 1.29 bits per heavy atom. The van der Waals surface area contributed by atoms with Gasteiger partial charge in [-0.15, -0.1) is 0 Å². The van der Waals surface area contributed by atoms with E-state index in [1.54, 1.807) is 0 Å². The molecule has 0 radical (unpaired) electrons. The summed E-state index contributed by atoms with van der Waals surface area (Å²) in [4.78, 5) is 8.20. The van der Waals surface area contributed by atoms with Crippen LogP contribution in [0.15, 0.2) is 23.1 Å². The number of sulfone groups is 1. The van der Waals surface area contributed by atoms with E-state index >= 15 is 0 Å². The van der Waals surface area contributed by atoms with Crippen LogP contribution in [0.2, 0.25) is 0 Å². The third kappa shape index (κ3) is 3.23. The van der Waals surface area contributed by atoms with Crippen molar-refractivity contribution >= 4 is 16.2 Å². The number of hydrogen-bond donors (Lipinski definition) is 1. The molecule has 17 heavy (non-hydrogen) atoms. The third-order valence-corrected chi connectivity index (χ3v) is 4.46. The van der Waals surface area contributed by atoms with Crippen LogP contribution >= 0.6 is 0 Å². The minimum absolute atomic E-state index is 0.250. The van der Waals surface area contributed by atoms with Gasteiger partial charge < -0.3 is 5.73 Å². The Hall–Kier alpha value is -1.50. The SMILES string of the molecule is NC=O.O=S(=O)(c1ccc(F)cc1F)C1CC1. The summed E-state index contributed by atoms with van der Waals surface area (Å²) in [7, 11) is -3.55. The number of amides is 1. The predicted octanol–water partition coefficient (Wildman–Crippen LogP) is 1.00. The molecule has 1 aromatic rings. The van der Waals surface area contributed by atoms with Crippen LogP contribution in [-0.2, 0) is 14.6 Å². The molecule has 1 aromatic carbocycles. The number of nitrogens with two attached hydrogens (primary N) is 1. The number of carbonyl (C=O) groups excluding carboxylic acids is 1. The van der Waals surface area contributed by atoms with Gasteiger partial charge in [0.2, 0.25) is 6.41 Å². The molecule has 2 rings (SSSR count). The van der Waals surface area contributed by atoms with Crippen LogP contribution in [0.1, 0.15) is 12.8 Å². The molecule has 1 amide bonds. The van der Waals surface area contributed by atoms with E-state index in [4.69, 9.17) is 4.79 Å². The van der Waals surface area contributed by atoms with Gasteiger partial charge >= 0.3 is 0 Å². The van der Waals surface area contributed by atoms with Gasteiger partial charge in [-0.05, 0) is 25.0 Å². The maximum atomic E-state index is 13.1. The Bertz CT molecular complexity index is 512. The van der Waals surface area contributed by atoms with Crippen LogP contribution in [-0.4, -0.2) is 20.1 Å². The molecule has 0 spiro atoms. The smallest absolute Gasteiger partial charge is 0.204 e. The second-order valence-corrected chi connectivity index (χ2v) is 5.65. The van der Waals surface area contributed by atoms with Crippen molar-refractivity contribution in [1.82, 2.24) is 0 Å². The molecule has 0 atom stereocenters. The molecule has 4 nitrogen and oxygen atoms in total. The lowest BCUT2D eigenvalue weighted by Crippen LogP contribution is -2.09. The Kier molecular flexibility index (Phi) is 4.17. The van der Waals surface area contributed by atoms with Gasteiger partial charge in [-0.25, -0.2) is 17.2 Å². The van der Waals surface area contributed by atoms with Gasteiger partial charge in [0.15, 0.2) is 9.84 Å². The average Bonchev–Trinajstić information content (AvgIpc) is 3.00. The van der Waals surface area contributed by atoms with Gasteiger partial charge in [-0.3, -0.25) is 4.79 Å². The Morgan fingerprint density at radius 3 is 2.24 bits per heavy atom. The number of rotatable bonds is 2. The zero-order valence-corrected chi connectivity index (χ0v) is 9.58. The second kappa shape index (κ2) is 5.22. The van der Waals surface area contributed by atoms with Crippen LogP contribution in [0.5, 0.6) is 0 Å². The minimum Gasteiger partial charge on any atom is -0.372 e. The van der Waals surface area contributed by atoms with Crippen molar-refractivity contribution < 1.29 is 22.0 Å². The average molecular weight is 263 g/mol. The standard InChI is InChI=1S/C9H8F2O2S.CH3NO/c10-6-1-4-9(8(11)5-6)14(12,13)7-2-3-7;2-1-3/h1,4-5,7H,2-3H2;1H,(H2,2,3). The molecule has 0 saturated heterocycles. The lowest BCUT2D eigenvalue weighted by atomic mass is 10.3. The number of carbonyl (C=O) groups is 1. The van der Waals surface area contributed by atoms with Crippen LogP contribution in [0, 0.1) is 11.6 Å². The molecular formula is C10H11F2NO3S. The lowest BCUT2D eigenvalue weighted by molar-refractivity contribution is -0.106. The van der Waals surface area contributed by atoms with Gasteiger partial charge in [0.25, 0.3) is 0 Å². The van der Waals surface area contributed by atoms with E-state index in [0.717, 1.165) is 12.1 Å². The first-order valence-corrected chi connectivity index (χ1v) is 6.32. The summed E-state index contributed by atoms with van der Waals surface area (Å²) in [6.45, 7) is 0. The number of halogens is 2. The minimum atomic E-state index is -3.55. The van der Waals surface area contributed by atoms with Crippen molar-refractivity contribution in [2.45, 2.75) is 23.0 Å². The molecule has 0 aromatic heterocycles. The lowest BCUT2D eigenvalue weighted by Gasteiger charge is -2.03. The molecule has 1 fully saturated rings. The predicted molar refractivity (Wildman–Crippen MR) is 56.8 cm³/mol. The zero-order chi connectivity index (χ0) is 13.1. The number of benzene rings is 1. The van der Waals surface area contributed by atoms with Crippen molar-refractivity contribution in [3.63, 3.8) is 0 Å². The van der Waals surface area contributed by atoms with Gasteiger partial charge in [-0.1, -0.05) is 0 Å². The van der Waals surface area contributed by atoms with Crippen molar-refractivity contribution in [2.75, 3.05) is 0 Å². The van der Waals surface area contributed by atoms with Crippen LogP contribution in [0.25, 0.3) is 0 Å². The molecule has 0 aliphatic heterocycles. The molecule has 1 saturated carbocycles. The van der Waals surface area contributed by atoms with E-state index in [-0.39, 0.29) is 11.3 Å². The molecule has 0 heterocycles. The van der Waals surface area contributed by atoms with E-state index < -0.39 is 26.7 Å². The number of hydrogen-bond acceptors (Lipinski definition) is 3. The van der Waals surface area contributed by atoms with Crippen molar-refractivity contribution in [3.05, 3.63) is 29.8 Å². The first-order valence-electron chi connectivity index (χ1n) is 4.77. The highest BCUT2D eigenvalue weighted by atomic mass is 32.2. The maximum absolute atomic E-state index is 13.1. The van der Waals surface area contributed by atoms with Crippen LogP contribution in [0.3, 0.4) is 0 Å². The summed E-state index contributed by atoms with van der Waals surface area (Å²) in [5.74, 6) is -1.77. The quantitative estimate of drug-likeness (QED) is 0.638. The molecule has 94 valence electrons. The van der Waals surface area contributed by atoms with E-state index in [0.29, 0.717) is 18.9 Å². The van der Waals surface area contributed by atoms with Crippen molar-refractivity contribution in [2.24, 2.45) is 5.73 Å². The fourth-order valence-electron chi connectivity index (χ4n) is 1.26. The van der Waals surface area contributed by atoms with E-state index in [1.165, 1.54) is 0 Å². The summed E-state index contributed by atoms with van der Waals surface area (Å²) in [5, 5.41) is -0.470.